The maximum atomic E-state index is 12.8. The molecule has 0 radical (unpaired) electrons. The van der Waals surface area contributed by atoms with Gasteiger partial charge in [-0.15, -0.1) is 0 Å². The number of phosphoric ester groups is 1. The number of likely N-dealkylation sites (N-methyl/N-ethyl adjacent to an activating group) is 1. The SMILES string of the molecule is CCCCCCCC/C=C/CCCCCCCCCC(=O)OC[C@H](COP(=O)(O)OCC[N+](C)(C)C)OC(=O)CCCCCCCCCCCCCCCCCCCCCCCC. The third kappa shape index (κ3) is 50.0. The van der Waals surface area contributed by atoms with Crippen LogP contribution in [-0.4, -0.2) is 74.9 Å². The van der Waals surface area contributed by atoms with Crippen molar-refractivity contribution in [2.45, 2.75) is 270 Å². The number of nitrogens with zero attached hydrogens (tertiary/aromatic N) is 1. The average Bonchev–Trinajstić information content (AvgIpc) is 3.24. The van der Waals surface area contributed by atoms with E-state index in [2.05, 4.69) is 26.0 Å². The molecule has 0 aliphatic heterocycles. The Morgan fingerprint density at radius 1 is 0.476 bits per heavy atom. The van der Waals surface area contributed by atoms with Crippen molar-refractivity contribution in [2.24, 2.45) is 0 Å². The molecule has 0 saturated heterocycles. The van der Waals surface area contributed by atoms with Crippen molar-refractivity contribution in [1.82, 2.24) is 0 Å². The fourth-order valence-corrected chi connectivity index (χ4v) is 8.58. The number of esters is 2. The molecule has 0 heterocycles. The number of hydrogen-bond donors (Lipinski definition) is 1. The molecular weight excluding hydrogens is 810 g/mol. The Morgan fingerprint density at radius 2 is 0.810 bits per heavy atom. The summed E-state index contributed by atoms with van der Waals surface area (Å²) in [6.07, 6.45) is 51.2. The number of carbonyl (C=O) groups is 2. The summed E-state index contributed by atoms with van der Waals surface area (Å²) in [5.41, 5.74) is 0. The molecule has 0 aromatic heterocycles. The Bertz CT molecular complexity index is 1080. The summed E-state index contributed by atoms with van der Waals surface area (Å²) in [6.45, 7) is 4.47. The van der Waals surface area contributed by atoms with Crippen molar-refractivity contribution in [2.75, 3.05) is 47.5 Å². The summed E-state index contributed by atoms with van der Waals surface area (Å²) in [6, 6.07) is 0. The van der Waals surface area contributed by atoms with Crippen LogP contribution in [0.3, 0.4) is 0 Å². The fourth-order valence-electron chi connectivity index (χ4n) is 7.84. The molecule has 0 bridgehead atoms. The number of allylic oxidation sites excluding steroid dienone is 2. The van der Waals surface area contributed by atoms with Crippen molar-refractivity contribution in [1.29, 1.82) is 0 Å². The Labute approximate surface area is 390 Å². The van der Waals surface area contributed by atoms with Gasteiger partial charge >= 0.3 is 19.8 Å². The van der Waals surface area contributed by atoms with Crippen LogP contribution >= 0.6 is 7.82 Å². The molecule has 2 atom stereocenters. The van der Waals surface area contributed by atoms with Gasteiger partial charge in [-0.05, 0) is 38.5 Å². The Kier molecular flexibility index (Phi) is 45.0. The molecule has 1 N–H and O–H groups in total. The largest absolute Gasteiger partial charge is 0.472 e. The molecule has 0 aliphatic rings. The summed E-state index contributed by atoms with van der Waals surface area (Å²) >= 11 is 0. The van der Waals surface area contributed by atoms with E-state index in [0.29, 0.717) is 17.4 Å². The minimum absolute atomic E-state index is 0.0346. The van der Waals surface area contributed by atoms with Gasteiger partial charge in [0, 0.05) is 12.8 Å². The summed E-state index contributed by atoms with van der Waals surface area (Å²) in [5.74, 6) is -0.787. The number of phosphoric acid groups is 1. The molecule has 0 aromatic rings. The molecule has 0 aliphatic carbocycles. The Morgan fingerprint density at radius 3 is 1.17 bits per heavy atom. The highest BCUT2D eigenvalue weighted by molar-refractivity contribution is 7.47. The molecule has 63 heavy (non-hydrogen) atoms. The van der Waals surface area contributed by atoms with Gasteiger partial charge in [0.25, 0.3) is 0 Å². The molecule has 0 aromatic carbocycles. The van der Waals surface area contributed by atoms with Crippen LogP contribution in [0, 0.1) is 0 Å². The first-order valence-corrected chi connectivity index (χ1v) is 28.4. The second kappa shape index (κ2) is 45.9. The lowest BCUT2D eigenvalue weighted by Crippen LogP contribution is -2.37. The van der Waals surface area contributed by atoms with Gasteiger partial charge in [0.1, 0.15) is 19.8 Å². The summed E-state index contributed by atoms with van der Waals surface area (Å²) in [4.78, 5) is 35.6. The van der Waals surface area contributed by atoms with Gasteiger partial charge in [0.15, 0.2) is 6.10 Å². The van der Waals surface area contributed by atoms with Gasteiger partial charge in [-0.25, -0.2) is 4.57 Å². The van der Waals surface area contributed by atoms with E-state index in [0.717, 1.165) is 32.1 Å². The maximum absolute atomic E-state index is 12.8. The van der Waals surface area contributed by atoms with Gasteiger partial charge in [0.2, 0.25) is 0 Å². The summed E-state index contributed by atoms with van der Waals surface area (Å²) < 4.78 is 34.5. The zero-order valence-electron chi connectivity index (χ0n) is 42.3. The predicted molar refractivity (Wildman–Crippen MR) is 266 cm³/mol. The van der Waals surface area contributed by atoms with Crippen LogP contribution in [0.1, 0.15) is 264 Å². The average molecular weight is 915 g/mol. The lowest BCUT2D eigenvalue weighted by atomic mass is 10.0. The number of ether oxygens (including phenoxy) is 2. The predicted octanol–water partition coefficient (Wildman–Crippen LogP) is 16.1. The quantitative estimate of drug-likeness (QED) is 0.0211. The highest BCUT2D eigenvalue weighted by Gasteiger charge is 2.27. The van der Waals surface area contributed by atoms with Gasteiger partial charge < -0.3 is 18.9 Å². The minimum Gasteiger partial charge on any atom is -0.462 e. The first-order valence-electron chi connectivity index (χ1n) is 26.9. The molecule has 0 saturated carbocycles. The fraction of sp³-hybridized carbons (Fsp3) is 0.925. The third-order valence-electron chi connectivity index (χ3n) is 12.0. The van der Waals surface area contributed by atoms with E-state index in [1.165, 1.54) is 199 Å². The highest BCUT2D eigenvalue weighted by Crippen LogP contribution is 2.43. The number of unbranched alkanes of at least 4 members (excludes halogenated alkanes) is 34. The molecule has 0 rings (SSSR count). The van der Waals surface area contributed by atoms with Crippen LogP contribution in [-0.2, 0) is 32.7 Å². The highest BCUT2D eigenvalue weighted by atomic mass is 31.2. The number of hydrogen-bond acceptors (Lipinski definition) is 7. The Balaban J connectivity index is 4.18. The second-order valence-corrected chi connectivity index (χ2v) is 21.1. The molecule has 0 fully saturated rings. The van der Waals surface area contributed by atoms with Crippen molar-refractivity contribution >= 4 is 19.8 Å². The van der Waals surface area contributed by atoms with Crippen molar-refractivity contribution in [3.05, 3.63) is 12.2 Å². The number of carbonyl (C=O) groups excluding carboxylic acids is 2. The van der Waals surface area contributed by atoms with Crippen molar-refractivity contribution in [3.63, 3.8) is 0 Å². The minimum atomic E-state index is -4.38. The van der Waals surface area contributed by atoms with E-state index in [4.69, 9.17) is 18.5 Å². The summed E-state index contributed by atoms with van der Waals surface area (Å²) in [5, 5.41) is 0. The van der Waals surface area contributed by atoms with Crippen LogP contribution in [0.2, 0.25) is 0 Å². The lowest BCUT2D eigenvalue weighted by Gasteiger charge is -2.24. The van der Waals surface area contributed by atoms with Crippen molar-refractivity contribution < 1.29 is 42.1 Å². The van der Waals surface area contributed by atoms with Gasteiger partial charge in [-0.2, -0.15) is 0 Å². The lowest BCUT2D eigenvalue weighted by molar-refractivity contribution is -0.870. The van der Waals surface area contributed by atoms with Crippen LogP contribution in [0.5, 0.6) is 0 Å². The smallest absolute Gasteiger partial charge is 0.462 e. The van der Waals surface area contributed by atoms with Crippen LogP contribution in [0.15, 0.2) is 12.2 Å². The van der Waals surface area contributed by atoms with E-state index in [1.54, 1.807) is 0 Å². The normalized spacial score (nSPS) is 13.4. The molecule has 0 spiro atoms. The third-order valence-corrected chi connectivity index (χ3v) is 13.0. The zero-order valence-corrected chi connectivity index (χ0v) is 43.2. The van der Waals surface area contributed by atoms with Gasteiger partial charge in [-0.3, -0.25) is 18.6 Å². The van der Waals surface area contributed by atoms with Crippen LogP contribution in [0.25, 0.3) is 0 Å². The van der Waals surface area contributed by atoms with E-state index < -0.39 is 26.5 Å². The van der Waals surface area contributed by atoms with Crippen LogP contribution in [0.4, 0.5) is 0 Å². The first kappa shape index (κ1) is 61.8. The molecule has 0 amide bonds. The maximum Gasteiger partial charge on any atom is 0.472 e. The van der Waals surface area contributed by atoms with E-state index in [9.17, 15) is 19.0 Å². The first-order chi connectivity index (χ1) is 30.5. The zero-order chi connectivity index (χ0) is 46.4. The standard InChI is InChI=1S/C53H104NO8P/c1-6-8-10-12-14-16-18-20-22-24-25-26-27-28-30-32-34-36-38-40-42-44-46-53(56)62-51(50-61-63(57,58)60-48-47-54(3,4)5)49-59-52(55)45-43-41-39-37-35-33-31-29-23-21-19-17-15-13-11-9-7-2/h21,23,51H,6-20,22,24-50H2,1-5H3/p+1/b23-21+/t51-/m1/s1. The molecule has 1 unspecified atom stereocenters. The summed E-state index contributed by atoms with van der Waals surface area (Å²) in [7, 11) is 1.49. The van der Waals surface area contributed by atoms with Crippen LogP contribution < -0.4 is 0 Å². The topological polar surface area (TPSA) is 108 Å². The molecule has 9 nitrogen and oxygen atoms in total. The molecular formula is C53H105NO8P+. The molecule has 10 heteroatoms. The monoisotopic (exact) mass is 915 g/mol. The van der Waals surface area contributed by atoms with E-state index in [1.807, 2.05) is 21.1 Å². The van der Waals surface area contributed by atoms with E-state index >= 15 is 0 Å². The van der Waals surface area contributed by atoms with Crippen molar-refractivity contribution in [3.8, 4) is 0 Å². The van der Waals surface area contributed by atoms with Gasteiger partial charge in [-0.1, -0.05) is 225 Å². The number of rotatable bonds is 50. The Hall–Kier alpha value is -1.25. The number of quaternary nitrogens is 1. The molecule has 374 valence electrons. The second-order valence-electron chi connectivity index (χ2n) is 19.6. The van der Waals surface area contributed by atoms with E-state index in [-0.39, 0.29) is 32.0 Å². The van der Waals surface area contributed by atoms with Gasteiger partial charge in [0.05, 0.1) is 27.7 Å².